The molecule has 1 unspecified atom stereocenters. The molecule has 11 heteroatoms. The number of piperidine rings is 1. The first kappa shape index (κ1) is 27.8. The van der Waals surface area contributed by atoms with E-state index in [-0.39, 0.29) is 18.4 Å². The van der Waals surface area contributed by atoms with Crippen LogP contribution in [0.4, 0.5) is 16.2 Å². The van der Waals surface area contributed by atoms with Crippen LogP contribution in [-0.4, -0.2) is 85.1 Å². The maximum Gasteiger partial charge on any atom is 0.321 e. The van der Waals surface area contributed by atoms with Gasteiger partial charge in [0.25, 0.3) is 0 Å². The molecular formula is C31H36N8O2S. The highest BCUT2D eigenvalue weighted by Gasteiger charge is 2.30. The number of nitrogens with one attached hydrogen (secondary N) is 2. The molecule has 2 aromatic heterocycles. The number of ether oxygens (including phenoxy) is 1. The lowest BCUT2D eigenvalue weighted by Gasteiger charge is -2.38. The number of allylic oxidation sites excluding steroid dienone is 1. The summed E-state index contributed by atoms with van der Waals surface area (Å²) in [5.74, 6) is 0.796. The van der Waals surface area contributed by atoms with Gasteiger partial charge in [0.15, 0.2) is 11.3 Å². The SMILES string of the molecule is COc1cccc(-c2nc3sccn3c2C2=CC=NC(NC3CCN(C(=O)Nc4ccc(N(C)C)cc4)CC3)N2C)c1. The monoisotopic (exact) mass is 584 g/mol. The Morgan fingerprint density at radius 1 is 1.12 bits per heavy atom. The highest BCUT2D eigenvalue weighted by molar-refractivity contribution is 7.15. The second kappa shape index (κ2) is 11.9. The summed E-state index contributed by atoms with van der Waals surface area (Å²) < 4.78 is 7.63. The quantitative estimate of drug-likeness (QED) is 0.316. The largest absolute Gasteiger partial charge is 0.497 e. The third kappa shape index (κ3) is 5.57. The number of imidazole rings is 1. The maximum absolute atomic E-state index is 12.9. The van der Waals surface area contributed by atoms with Gasteiger partial charge in [-0.2, -0.15) is 0 Å². The number of likely N-dealkylation sites (tertiary alicyclic amines) is 1. The molecule has 2 amide bonds. The number of aliphatic imine (C=N–C) groups is 1. The number of hydrogen-bond acceptors (Lipinski definition) is 8. The molecular weight excluding hydrogens is 548 g/mol. The molecule has 6 rings (SSSR count). The smallest absolute Gasteiger partial charge is 0.321 e. The molecule has 4 aromatic rings. The van der Waals surface area contributed by atoms with Crippen molar-refractivity contribution in [2.75, 3.05) is 51.6 Å². The van der Waals surface area contributed by atoms with Crippen LogP contribution in [0.5, 0.6) is 5.75 Å². The van der Waals surface area contributed by atoms with E-state index in [0.29, 0.717) is 13.1 Å². The van der Waals surface area contributed by atoms with E-state index in [4.69, 9.17) is 14.7 Å². The van der Waals surface area contributed by atoms with E-state index in [0.717, 1.165) is 57.6 Å². The van der Waals surface area contributed by atoms with Gasteiger partial charge in [-0.05, 0) is 55.3 Å². The van der Waals surface area contributed by atoms with E-state index < -0.39 is 0 Å². The van der Waals surface area contributed by atoms with Crippen molar-refractivity contribution in [3.8, 4) is 17.0 Å². The number of nitrogens with zero attached hydrogens (tertiary/aromatic N) is 6. The van der Waals surface area contributed by atoms with Crippen molar-refractivity contribution < 1.29 is 9.53 Å². The van der Waals surface area contributed by atoms with Crippen molar-refractivity contribution in [2.45, 2.75) is 25.2 Å². The van der Waals surface area contributed by atoms with Gasteiger partial charge in [0.05, 0.1) is 24.2 Å². The fourth-order valence-corrected chi connectivity index (χ4v) is 6.17. The van der Waals surface area contributed by atoms with Crippen LogP contribution in [0.1, 0.15) is 18.5 Å². The summed E-state index contributed by atoms with van der Waals surface area (Å²) in [4.78, 5) is 29.7. The van der Waals surface area contributed by atoms with Crippen LogP contribution in [0.25, 0.3) is 21.9 Å². The molecule has 0 spiro atoms. The Morgan fingerprint density at radius 3 is 2.64 bits per heavy atom. The molecule has 0 bridgehead atoms. The summed E-state index contributed by atoms with van der Waals surface area (Å²) in [6.45, 7) is 1.36. The molecule has 4 heterocycles. The summed E-state index contributed by atoms with van der Waals surface area (Å²) in [7, 11) is 7.74. The molecule has 2 N–H and O–H groups in total. The average Bonchev–Trinajstić information content (AvgIpc) is 3.61. The number of benzene rings is 2. The van der Waals surface area contributed by atoms with Crippen molar-refractivity contribution in [2.24, 2.45) is 4.99 Å². The van der Waals surface area contributed by atoms with Gasteiger partial charge in [-0.3, -0.25) is 14.7 Å². The number of hydrogen-bond donors (Lipinski definition) is 2. The van der Waals surface area contributed by atoms with E-state index in [1.54, 1.807) is 18.4 Å². The van der Waals surface area contributed by atoms with Crippen LogP contribution in [-0.2, 0) is 0 Å². The lowest BCUT2D eigenvalue weighted by molar-refractivity contribution is 0.174. The van der Waals surface area contributed by atoms with E-state index in [1.165, 1.54) is 0 Å². The number of carbonyl (C=O) groups excluding carboxylic acids is 1. The highest BCUT2D eigenvalue weighted by Crippen LogP contribution is 2.35. The Morgan fingerprint density at radius 2 is 1.90 bits per heavy atom. The molecule has 10 nitrogen and oxygen atoms in total. The fraction of sp³-hybridized carbons (Fsp3) is 0.323. The van der Waals surface area contributed by atoms with Gasteiger partial charge < -0.3 is 24.8 Å². The number of carbonyl (C=O) groups is 1. The molecule has 0 saturated carbocycles. The molecule has 2 aliphatic rings. The minimum atomic E-state index is -0.229. The van der Waals surface area contributed by atoms with E-state index >= 15 is 0 Å². The molecule has 1 atom stereocenters. The first-order valence-electron chi connectivity index (χ1n) is 14.1. The number of methoxy groups -OCH3 is 1. The normalized spacial score (nSPS) is 17.4. The lowest BCUT2D eigenvalue weighted by atomic mass is 10.0. The Balaban J connectivity index is 1.11. The number of thiazole rings is 1. The van der Waals surface area contributed by atoms with E-state index in [1.807, 2.05) is 78.7 Å². The summed E-state index contributed by atoms with van der Waals surface area (Å²) in [6, 6.07) is 16.1. The number of rotatable bonds is 7. The predicted octanol–water partition coefficient (Wildman–Crippen LogP) is 5.06. The molecule has 1 saturated heterocycles. The molecule has 0 aliphatic carbocycles. The molecule has 2 aromatic carbocycles. The van der Waals surface area contributed by atoms with Crippen molar-refractivity contribution in [3.05, 3.63) is 71.9 Å². The number of aromatic nitrogens is 2. The van der Waals surface area contributed by atoms with Gasteiger partial charge in [-0.1, -0.05) is 12.1 Å². The highest BCUT2D eigenvalue weighted by atomic mass is 32.1. The van der Waals surface area contributed by atoms with Crippen molar-refractivity contribution >= 4 is 45.6 Å². The third-order valence-corrected chi connectivity index (χ3v) is 8.61. The summed E-state index contributed by atoms with van der Waals surface area (Å²) in [6.07, 6.45) is 7.45. The fourth-order valence-electron chi connectivity index (χ4n) is 5.45. The van der Waals surface area contributed by atoms with Gasteiger partial charge in [0.2, 0.25) is 0 Å². The first-order chi connectivity index (χ1) is 20.4. The zero-order chi connectivity index (χ0) is 29.2. The Labute approximate surface area is 249 Å². The second-order valence-electron chi connectivity index (χ2n) is 10.7. The molecule has 218 valence electrons. The maximum atomic E-state index is 12.9. The van der Waals surface area contributed by atoms with Crippen molar-refractivity contribution in [3.63, 3.8) is 0 Å². The second-order valence-corrected chi connectivity index (χ2v) is 11.6. The van der Waals surface area contributed by atoms with Crippen LogP contribution in [0, 0.1) is 0 Å². The standard InChI is InChI=1S/C31H36N8O2S/c1-36(2)24-10-8-22(9-11-24)34-30(40)38-16-13-23(14-17-38)33-29-32-15-12-26(37(29)3)28-27(35-31-39(28)18-19-42-31)21-6-5-7-25(20-21)41-4/h5-12,15,18-20,23,29,33H,13-14,16-17H2,1-4H3,(H,34,40). The topological polar surface area (TPSA) is 89.7 Å². The number of amides is 2. The molecule has 42 heavy (non-hydrogen) atoms. The van der Waals surface area contributed by atoms with Crippen LogP contribution < -0.4 is 20.3 Å². The Bertz CT molecular complexity index is 1620. The summed E-state index contributed by atoms with van der Waals surface area (Å²) >= 11 is 1.61. The first-order valence-corrected chi connectivity index (χ1v) is 15.0. The average molecular weight is 585 g/mol. The van der Waals surface area contributed by atoms with E-state index in [2.05, 4.69) is 44.6 Å². The molecule has 2 aliphatic heterocycles. The Hall–Kier alpha value is -4.35. The van der Waals surface area contributed by atoms with Gasteiger partial charge in [-0.25, -0.2) is 9.78 Å². The van der Waals surface area contributed by atoms with Crippen LogP contribution >= 0.6 is 11.3 Å². The minimum absolute atomic E-state index is 0.0605. The zero-order valence-electron chi connectivity index (χ0n) is 24.3. The molecule has 0 radical (unpaired) electrons. The van der Waals surface area contributed by atoms with Crippen molar-refractivity contribution in [1.82, 2.24) is 24.5 Å². The molecule has 1 fully saturated rings. The van der Waals surface area contributed by atoms with Gasteiger partial charge in [0, 0.05) is 75.0 Å². The van der Waals surface area contributed by atoms with Crippen LogP contribution in [0.3, 0.4) is 0 Å². The van der Waals surface area contributed by atoms with Crippen LogP contribution in [0.15, 0.2) is 71.2 Å². The van der Waals surface area contributed by atoms with Gasteiger partial charge in [0.1, 0.15) is 5.75 Å². The number of fused-ring (bicyclic) bond motifs is 1. The predicted molar refractivity (Wildman–Crippen MR) is 171 cm³/mol. The Kier molecular flexibility index (Phi) is 7.86. The zero-order valence-corrected chi connectivity index (χ0v) is 25.1. The lowest BCUT2D eigenvalue weighted by Crippen LogP contribution is -2.52. The third-order valence-electron chi connectivity index (χ3n) is 7.86. The summed E-state index contributed by atoms with van der Waals surface area (Å²) in [5, 5.41) is 8.81. The number of urea groups is 1. The van der Waals surface area contributed by atoms with Crippen LogP contribution in [0.2, 0.25) is 0 Å². The van der Waals surface area contributed by atoms with Gasteiger partial charge in [-0.15, -0.1) is 11.3 Å². The number of anilines is 2. The van der Waals surface area contributed by atoms with Gasteiger partial charge >= 0.3 is 6.03 Å². The van der Waals surface area contributed by atoms with E-state index in [9.17, 15) is 4.79 Å². The summed E-state index contributed by atoms with van der Waals surface area (Å²) in [5.41, 5.74) is 5.85. The minimum Gasteiger partial charge on any atom is -0.497 e. The van der Waals surface area contributed by atoms with Crippen molar-refractivity contribution in [1.29, 1.82) is 0 Å².